The van der Waals surface area contributed by atoms with E-state index in [4.69, 9.17) is 5.11 Å². The van der Waals surface area contributed by atoms with Crippen molar-refractivity contribution in [2.45, 2.75) is 12.8 Å². The maximum absolute atomic E-state index is 10.5. The van der Waals surface area contributed by atoms with Crippen molar-refractivity contribution in [2.75, 3.05) is 24.6 Å². The molecule has 1 fully saturated rings. The Morgan fingerprint density at radius 3 is 2.88 bits per heavy atom. The summed E-state index contributed by atoms with van der Waals surface area (Å²) < 4.78 is 0. The van der Waals surface area contributed by atoms with Crippen LogP contribution in [0.1, 0.15) is 23.2 Å². The van der Waals surface area contributed by atoms with Crippen LogP contribution in [0.15, 0.2) is 12.4 Å². The Kier molecular flexibility index (Phi) is 3.46. The second-order valence-electron chi connectivity index (χ2n) is 4.07. The average Bonchev–Trinajstić information content (AvgIpc) is 2.39. The van der Waals surface area contributed by atoms with Crippen LogP contribution in [0.2, 0.25) is 0 Å². The number of carbonyl (C=O) groups is 1. The van der Waals surface area contributed by atoms with Crippen LogP contribution in [0.4, 0.5) is 5.95 Å². The van der Waals surface area contributed by atoms with E-state index in [1.165, 1.54) is 12.4 Å². The van der Waals surface area contributed by atoms with Gasteiger partial charge in [-0.15, -0.1) is 0 Å². The fraction of sp³-hybridized carbons (Fsp3) is 0.545. The van der Waals surface area contributed by atoms with Gasteiger partial charge in [-0.2, -0.15) is 0 Å². The number of anilines is 1. The second-order valence-corrected chi connectivity index (χ2v) is 4.07. The summed E-state index contributed by atoms with van der Waals surface area (Å²) in [7, 11) is 0. The summed E-state index contributed by atoms with van der Waals surface area (Å²) in [4.78, 5) is 20.8. The van der Waals surface area contributed by atoms with E-state index in [0.29, 0.717) is 17.4 Å². The van der Waals surface area contributed by atoms with Crippen molar-refractivity contribution in [1.29, 1.82) is 0 Å². The molecule has 0 bridgehead atoms. The van der Waals surface area contributed by atoms with E-state index < -0.39 is 0 Å². The Bertz CT molecular complexity index is 353. The number of hydrogen-bond acceptors (Lipinski definition) is 5. The number of rotatable bonds is 3. The van der Waals surface area contributed by atoms with Gasteiger partial charge < -0.3 is 10.0 Å². The lowest BCUT2D eigenvalue weighted by Gasteiger charge is -2.31. The van der Waals surface area contributed by atoms with Gasteiger partial charge in [0.05, 0.1) is 5.56 Å². The molecule has 1 aromatic heterocycles. The molecule has 1 saturated heterocycles. The lowest BCUT2D eigenvalue weighted by atomic mass is 9.99. The first-order chi connectivity index (χ1) is 7.83. The molecule has 1 aromatic rings. The number of hydrogen-bond donors (Lipinski definition) is 1. The Balaban J connectivity index is 2.07. The van der Waals surface area contributed by atoms with Crippen molar-refractivity contribution >= 4 is 12.2 Å². The molecule has 0 saturated carbocycles. The minimum absolute atomic E-state index is 0.211. The first kappa shape index (κ1) is 11.0. The van der Waals surface area contributed by atoms with Crippen molar-refractivity contribution in [2.24, 2.45) is 5.92 Å². The number of nitrogens with zero attached hydrogens (tertiary/aromatic N) is 3. The predicted octanol–water partition coefficient (Wildman–Crippen LogP) is 0.498. The molecule has 16 heavy (non-hydrogen) atoms. The third kappa shape index (κ3) is 2.36. The van der Waals surface area contributed by atoms with Crippen LogP contribution in [0, 0.1) is 5.92 Å². The van der Waals surface area contributed by atoms with E-state index in [9.17, 15) is 4.79 Å². The van der Waals surface area contributed by atoms with Gasteiger partial charge in [0, 0.05) is 32.1 Å². The van der Waals surface area contributed by atoms with E-state index in [1.807, 2.05) is 0 Å². The van der Waals surface area contributed by atoms with E-state index in [-0.39, 0.29) is 6.61 Å². The molecule has 5 nitrogen and oxygen atoms in total. The molecule has 1 unspecified atom stereocenters. The maximum atomic E-state index is 10.5. The van der Waals surface area contributed by atoms with Crippen LogP contribution in [0.3, 0.4) is 0 Å². The molecule has 1 atom stereocenters. The maximum Gasteiger partial charge on any atom is 0.225 e. The Labute approximate surface area is 94.1 Å². The molecular formula is C11H15N3O2. The standard InChI is InChI=1S/C11H15N3O2/c15-7-9-2-1-3-14(6-9)11-12-4-10(8-16)5-13-11/h4-5,8-9,15H,1-3,6-7H2. The van der Waals surface area contributed by atoms with Gasteiger partial charge in [-0.25, -0.2) is 9.97 Å². The van der Waals surface area contributed by atoms with Crippen molar-refractivity contribution in [1.82, 2.24) is 9.97 Å². The van der Waals surface area contributed by atoms with Gasteiger partial charge in [0.2, 0.25) is 5.95 Å². The van der Waals surface area contributed by atoms with Gasteiger partial charge in [-0.1, -0.05) is 0 Å². The molecule has 5 heteroatoms. The third-order valence-corrected chi connectivity index (χ3v) is 2.85. The summed E-state index contributed by atoms with van der Waals surface area (Å²) in [5.41, 5.74) is 0.486. The molecule has 0 spiro atoms. The highest BCUT2D eigenvalue weighted by molar-refractivity contribution is 5.73. The minimum atomic E-state index is 0.211. The lowest BCUT2D eigenvalue weighted by molar-refractivity contribution is 0.112. The molecule has 0 aromatic carbocycles. The summed E-state index contributed by atoms with van der Waals surface area (Å²) >= 11 is 0. The number of carbonyl (C=O) groups excluding carboxylic acids is 1. The molecule has 1 aliphatic rings. The van der Waals surface area contributed by atoms with E-state index in [2.05, 4.69) is 14.9 Å². The molecule has 86 valence electrons. The average molecular weight is 221 g/mol. The fourth-order valence-electron chi connectivity index (χ4n) is 1.95. The van der Waals surface area contributed by atoms with Crippen molar-refractivity contribution in [3.05, 3.63) is 18.0 Å². The zero-order chi connectivity index (χ0) is 11.4. The highest BCUT2D eigenvalue weighted by Gasteiger charge is 2.20. The van der Waals surface area contributed by atoms with Gasteiger partial charge in [-0.3, -0.25) is 4.79 Å². The highest BCUT2D eigenvalue weighted by Crippen LogP contribution is 2.19. The van der Waals surface area contributed by atoms with Gasteiger partial charge in [0.25, 0.3) is 0 Å². The van der Waals surface area contributed by atoms with Crippen molar-refractivity contribution < 1.29 is 9.90 Å². The zero-order valence-electron chi connectivity index (χ0n) is 9.04. The molecule has 2 rings (SSSR count). The number of aliphatic hydroxyl groups excluding tert-OH is 1. The quantitative estimate of drug-likeness (QED) is 0.753. The first-order valence-electron chi connectivity index (χ1n) is 5.46. The highest BCUT2D eigenvalue weighted by atomic mass is 16.3. The molecule has 0 aliphatic carbocycles. The SMILES string of the molecule is O=Cc1cnc(N2CCCC(CO)C2)nc1. The van der Waals surface area contributed by atoms with Crippen LogP contribution >= 0.6 is 0 Å². The first-order valence-corrected chi connectivity index (χ1v) is 5.46. The van der Waals surface area contributed by atoms with Gasteiger partial charge in [0.1, 0.15) is 0 Å². The number of piperidine rings is 1. The summed E-state index contributed by atoms with van der Waals surface area (Å²) in [5.74, 6) is 0.951. The van der Waals surface area contributed by atoms with E-state index >= 15 is 0 Å². The Morgan fingerprint density at radius 2 is 2.25 bits per heavy atom. The topological polar surface area (TPSA) is 66.3 Å². The van der Waals surface area contributed by atoms with Crippen molar-refractivity contribution in [3.8, 4) is 0 Å². The monoisotopic (exact) mass is 221 g/mol. The molecular weight excluding hydrogens is 206 g/mol. The van der Waals surface area contributed by atoms with Gasteiger partial charge in [0.15, 0.2) is 6.29 Å². The normalized spacial score (nSPS) is 20.8. The number of aromatic nitrogens is 2. The van der Waals surface area contributed by atoms with Crippen LogP contribution in [0.25, 0.3) is 0 Å². The molecule has 0 radical (unpaired) electrons. The lowest BCUT2D eigenvalue weighted by Crippen LogP contribution is -2.37. The van der Waals surface area contributed by atoms with Crippen LogP contribution in [-0.4, -0.2) is 41.1 Å². The largest absolute Gasteiger partial charge is 0.396 e. The Hall–Kier alpha value is -1.49. The van der Waals surface area contributed by atoms with Crippen LogP contribution in [0.5, 0.6) is 0 Å². The minimum Gasteiger partial charge on any atom is -0.396 e. The second kappa shape index (κ2) is 5.03. The van der Waals surface area contributed by atoms with E-state index in [1.54, 1.807) is 0 Å². The summed E-state index contributed by atoms with van der Waals surface area (Å²) in [6.45, 7) is 1.91. The van der Waals surface area contributed by atoms with Gasteiger partial charge in [-0.05, 0) is 18.8 Å². The number of aldehydes is 1. The van der Waals surface area contributed by atoms with Gasteiger partial charge >= 0.3 is 0 Å². The molecule has 2 heterocycles. The predicted molar refractivity (Wildman–Crippen MR) is 59.4 cm³/mol. The Morgan fingerprint density at radius 1 is 1.50 bits per heavy atom. The summed E-state index contributed by atoms with van der Waals surface area (Å²) in [6.07, 6.45) is 5.88. The molecule has 1 aliphatic heterocycles. The molecule has 1 N–H and O–H groups in total. The summed E-state index contributed by atoms with van der Waals surface area (Å²) in [6, 6.07) is 0. The van der Waals surface area contributed by atoms with Crippen LogP contribution in [-0.2, 0) is 0 Å². The third-order valence-electron chi connectivity index (χ3n) is 2.85. The number of aliphatic hydroxyl groups is 1. The smallest absolute Gasteiger partial charge is 0.225 e. The molecule has 0 amide bonds. The fourth-order valence-corrected chi connectivity index (χ4v) is 1.95. The zero-order valence-corrected chi connectivity index (χ0v) is 9.04. The summed E-state index contributed by atoms with van der Waals surface area (Å²) in [5, 5.41) is 9.12. The van der Waals surface area contributed by atoms with E-state index in [0.717, 1.165) is 32.2 Å². The van der Waals surface area contributed by atoms with Crippen LogP contribution < -0.4 is 4.90 Å². The van der Waals surface area contributed by atoms with Crippen molar-refractivity contribution in [3.63, 3.8) is 0 Å².